The maximum absolute atomic E-state index is 5.62. The van der Waals surface area contributed by atoms with Gasteiger partial charge in [-0.3, -0.25) is 4.74 Å². The number of allylic oxidation sites excluding steroid dienone is 7. The molecule has 1 aliphatic rings. The molecule has 0 radical (unpaired) electrons. The molecule has 0 aliphatic heterocycles. The average Bonchev–Trinajstić information content (AvgIpc) is 2.92. The van der Waals surface area contributed by atoms with Gasteiger partial charge in [0.05, 0.1) is 23.2 Å². The Labute approximate surface area is 182 Å². The predicted octanol–water partition coefficient (Wildman–Crippen LogP) is 8.67. The zero-order chi connectivity index (χ0) is 19.9. The molecule has 26 heavy (non-hydrogen) atoms. The minimum Gasteiger partial charge on any atom is -0.284 e. The monoisotopic (exact) mass is 459 g/mol. The van der Waals surface area contributed by atoms with Crippen molar-refractivity contribution in [3.63, 3.8) is 0 Å². The van der Waals surface area contributed by atoms with Crippen molar-refractivity contribution in [2.75, 3.05) is 0 Å². The average molecular weight is 460 g/mol. The van der Waals surface area contributed by atoms with Crippen molar-refractivity contribution < 1.29 is 21.7 Å². The summed E-state index contributed by atoms with van der Waals surface area (Å²) in [5.74, 6) is 0. The van der Waals surface area contributed by atoms with Gasteiger partial charge in [0.15, 0.2) is 0 Å². The van der Waals surface area contributed by atoms with Crippen molar-refractivity contribution in [2.24, 2.45) is 4.74 Å². The summed E-state index contributed by atoms with van der Waals surface area (Å²) in [5, 5.41) is 0. The van der Waals surface area contributed by atoms with Gasteiger partial charge in [0.2, 0.25) is 0 Å². The molecule has 1 nitrogen and oxygen atoms in total. The van der Waals surface area contributed by atoms with Crippen LogP contribution in [0.5, 0.6) is 0 Å². The van der Waals surface area contributed by atoms with Gasteiger partial charge in [0, 0.05) is 33.8 Å². The molecule has 148 valence electrons. The third-order valence-electron chi connectivity index (χ3n) is 4.44. The van der Waals surface area contributed by atoms with E-state index in [4.69, 9.17) is 4.74 Å². The van der Waals surface area contributed by atoms with E-state index in [1.807, 2.05) is 38.2 Å². The van der Waals surface area contributed by atoms with Crippen LogP contribution in [0.4, 0.5) is 0 Å². The van der Waals surface area contributed by atoms with Crippen LogP contribution >= 0.6 is 5.70 Å². The van der Waals surface area contributed by atoms with Crippen LogP contribution in [0.2, 0.25) is 58.9 Å². The van der Waals surface area contributed by atoms with Crippen LogP contribution in [0, 0.1) is 0 Å². The molecule has 0 spiro atoms. The Hall–Kier alpha value is 0.555. The zero-order valence-electron chi connectivity index (χ0n) is 19.1. The Morgan fingerprint density at radius 2 is 1.19 bits per heavy atom. The van der Waals surface area contributed by atoms with Crippen molar-refractivity contribution in [1.82, 2.24) is 0 Å². The summed E-state index contributed by atoms with van der Waals surface area (Å²) in [5.41, 5.74) is 0.212. The third kappa shape index (κ3) is 7.52. The van der Waals surface area contributed by atoms with Crippen LogP contribution in [0.15, 0.2) is 53.0 Å². The fraction of sp³-hybridized carbons (Fsp3) is 0.600. The van der Waals surface area contributed by atoms with Gasteiger partial charge in [-0.2, -0.15) is 0 Å². The summed E-state index contributed by atoms with van der Waals surface area (Å²) in [6, 6.07) is 0. The first kappa shape index (κ1) is 28.8. The minimum absolute atomic E-state index is 0. The van der Waals surface area contributed by atoms with Crippen LogP contribution < -0.4 is 0 Å². The van der Waals surface area contributed by atoms with Crippen LogP contribution in [0.25, 0.3) is 0 Å². The Morgan fingerprint density at radius 3 is 1.42 bits per heavy atom. The maximum atomic E-state index is 5.62. The molecule has 6 heteroatoms. The smallest absolute Gasteiger partial charge is 0.0843 e. The van der Waals surface area contributed by atoms with Crippen LogP contribution in [-0.2, 0) is 21.7 Å². The van der Waals surface area contributed by atoms with Crippen LogP contribution in [0.1, 0.15) is 20.3 Å². The SMILES string of the molecule is CC=CC=CC.C[Si](C)(C)P(=NC1=CC=CC1)([Si](C)(C)C)[Si](C)(C)C.[Ti]. The molecule has 0 unspecified atom stereocenters. The van der Waals surface area contributed by atoms with Crippen molar-refractivity contribution in [2.45, 2.75) is 79.2 Å². The van der Waals surface area contributed by atoms with E-state index >= 15 is 0 Å². The van der Waals surface area contributed by atoms with E-state index in [1.165, 1.54) is 5.70 Å². The third-order valence-corrected chi connectivity index (χ3v) is 65.4. The van der Waals surface area contributed by atoms with Gasteiger partial charge < -0.3 is 0 Å². The van der Waals surface area contributed by atoms with E-state index in [9.17, 15) is 0 Å². The molecule has 0 amide bonds. The number of hydrogen-bond acceptors (Lipinski definition) is 1. The first-order valence-corrected chi connectivity index (χ1v) is 24.2. The van der Waals surface area contributed by atoms with Crippen LogP contribution in [0.3, 0.4) is 0 Å². The topological polar surface area (TPSA) is 12.4 Å². The first-order chi connectivity index (χ1) is 11.2. The molecule has 1 aliphatic carbocycles. The summed E-state index contributed by atoms with van der Waals surface area (Å²) in [6.07, 6.45) is 15.8. The van der Waals surface area contributed by atoms with Crippen molar-refractivity contribution in [3.05, 3.63) is 48.2 Å². The fourth-order valence-electron chi connectivity index (χ4n) is 4.39. The molecule has 0 saturated heterocycles. The Bertz CT molecular complexity index is 545. The molecule has 0 heterocycles. The van der Waals surface area contributed by atoms with E-state index in [-0.39, 0.29) is 21.7 Å². The quantitative estimate of drug-likeness (QED) is 0.221. The molecular formula is C20H42NPSi3Ti. The fourth-order valence-corrected chi connectivity index (χ4v) is 88.2. The second-order valence-corrected chi connectivity index (χ2v) is 46.0. The number of nitrogens with zero attached hydrogens (tertiary/aromatic N) is 1. The molecule has 0 N–H and O–H groups in total. The molecular weight excluding hydrogens is 417 g/mol. The van der Waals surface area contributed by atoms with E-state index in [0.29, 0.717) is 0 Å². The standard InChI is InChI=1S/C14H32NPSi3.C6H10.Ti/c1-17(2,3)16(18(4,5)6,19(7,8)9)15-14-12-10-11-13-14;1-3-5-6-4-2;/h10-12H,13H2,1-9H3;3-6H,1-2H3;. The molecule has 0 atom stereocenters. The van der Waals surface area contributed by atoms with Gasteiger partial charge in [0.25, 0.3) is 0 Å². The molecule has 0 fully saturated rings. The van der Waals surface area contributed by atoms with Gasteiger partial charge in [-0.1, -0.05) is 101 Å². The molecule has 0 saturated carbocycles. The van der Waals surface area contributed by atoms with Gasteiger partial charge >= 0.3 is 0 Å². The summed E-state index contributed by atoms with van der Waals surface area (Å²) in [7, 11) is -3.83. The van der Waals surface area contributed by atoms with Gasteiger partial charge in [-0.05, 0) is 19.9 Å². The maximum Gasteiger partial charge on any atom is 0.0843 e. The van der Waals surface area contributed by atoms with Gasteiger partial charge in [0.1, 0.15) is 0 Å². The summed E-state index contributed by atoms with van der Waals surface area (Å²) in [6.45, 7) is 27.3. The molecule has 0 aromatic rings. The molecule has 0 aromatic heterocycles. The van der Waals surface area contributed by atoms with E-state index in [0.717, 1.165) is 6.42 Å². The normalized spacial score (nSPS) is 15.6. The van der Waals surface area contributed by atoms with E-state index in [2.05, 4.69) is 77.2 Å². The molecule has 0 bridgehead atoms. The second kappa shape index (κ2) is 11.5. The van der Waals surface area contributed by atoms with Gasteiger partial charge in [-0.15, -0.1) is 0 Å². The molecule has 1 rings (SSSR count). The largest absolute Gasteiger partial charge is 0.284 e. The Kier molecular flexibility index (Phi) is 12.8. The predicted molar refractivity (Wildman–Crippen MR) is 131 cm³/mol. The first-order valence-electron chi connectivity index (χ1n) is 9.47. The Morgan fingerprint density at radius 1 is 0.808 bits per heavy atom. The zero-order valence-corrected chi connectivity index (χ0v) is 24.6. The molecule has 0 aromatic carbocycles. The van der Waals surface area contributed by atoms with Crippen molar-refractivity contribution in [3.8, 4) is 0 Å². The van der Waals surface area contributed by atoms with E-state index < -0.39 is 28.9 Å². The van der Waals surface area contributed by atoms with Crippen molar-refractivity contribution >= 4 is 28.9 Å². The summed E-state index contributed by atoms with van der Waals surface area (Å²) in [4.78, 5) is 0. The summed E-state index contributed by atoms with van der Waals surface area (Å²) < 4.78 is 5.62. The number of hydrogen-bond donors (Lipinski definition) is 0. The van der Waals surface area contributed by atoms with Gasteiger partial charge in [-0.25, -0.2) is 0 Å². The van der Waals surface area contributed by atoms with Crippen molar-refractivity contribution in [1.29, 1.82) is 0 Å². The van der Waals surface area contributed by atoms with E-state index in [1.54, 1.807) is 0 Å². The second-order valence-electron chi connectivity index (χ2n) is 9.59. The number of rotatable bonds is 5. The Balaban J connectivity index is 0. The summed E-state index contributed by atoms with van der Waals surface area (Å²) >= 11 is 0. The van der Waals surface area contributed by atoms with Crippen LogP contribution in [-0.4, -0.2) is 23.2 Å². The minimum atomic E-state index is -1.28.